The first-order valence-corrected chi connectivity index (χ1v) is 7.15. The van der Waals surface area contributed by atoms with Crippen molar-refractivity contribution in [2.45, 2.75) is 38.2 Å². The fourth-order valence-corrected chi connectivity index (χ4v) is 3.28. The maximum Gasteiger partial charge on any atom is 0.0652 e. The van der Waals surface area contributed by atoms with E-state index in [0.29, 0.717) is 0 Å². The summed E-state index contributed by atoms with van der Waals surface area (Å²) in [6.07, 6.45) is 2.60. The van der Waals surface area contributed by atoms with Gasteiger partial charge in [0.05, 0.1) is 6.10 Å². The summed E-state index contributed by atoms with van der Waals surface area (Å²) in [5.74, 6) is 0.140. The van der Waals surface area contributed by atoms with E-state index in [2.05, 4.69) is 55.5 Å². The molecule has 0 amide bonds. The Kier molecular flexibility index (Phi) is 3.39. The van der Waals surface area contributed by atoms with Crippen LogP contribution in [0.3, 0.4) is 0 Å². The molecule has 0 spiro atoms. The van der Waals surface area contributed by atoms with E-state index in [1.54, 1.807) is 0 Å². The van der Waals surface area contributed by atoms with E-state index >= 15 is 0 Å². The average molecular weight is 252 g/mol. The molecule has 2 atom stereocenters. The van der Waals surface area contributed by atoms with Gasteiger partial charge in [0, 0.05) is 5.92 Å². The van der Waals surface area contributed by atoms with Gasteiger partial charge in [-0.05, 0) is 41.5 Å². The second-order valence-electron chi connectivity index (χ2n) is 5.33. The van der Waals surface area contributed by atoms with Gasteiger partial charge in [-0.3, -0.25) is 0 Å². The van der Waals surface area contributed by atoms with Gasteiger partial charge in [0.2, 0.25) is 0 Å². The highest BCUT2D eigenvalue weighted by atomic mass is 16.3. The monoisotopic (exact) mass is 252 g/mol. The molecule has 0 unspecified atom stereocenters. The minimum atomic E-state index is -0.261. The van der Waals surface area contributed by atoms with E-state index < -0.39 is 0 Å². The first-order chi connectivity index (χ1) is 9.31. The number of aliphatic hydroxyl groups is 1. The molecule has 1 N–H and O–H groups in total. The smallest absolute Gasteiger partial charge is 0.0652 e. The van der Waals surface area contributed by atoms with Crippen LogP contribution < -0.4 is 0 Å². The van der Waals surface area contributed by atoms with Crippen LogP contribution in [0.4, 0.5) is 0 Å². The number of aryl methyl sites for hydroxylation is 2. The molecule has 98 valence electrons. The van der Waals surface area contributed by atoms with Gasteiger partial charge in [0.1, 0.15) is 0 Å². The van der Waals surface area contributed by atoms with Crippen molar-refractivity contribution in [3.8, 4) is 0 Å². The average Bonchev–Trinajstić information content (AvgIpc) is 2.47. The molecular formula is C18H20O. The molecule has 0 aliphatic heterocycles. The SMILES string of the molecule is CCc1ccccc1[C@@H]1c2ccccc2CC[C@H]1O. The van der Waals surface area contributed by atoms with E-state index in [0.717, 1.165) is 19.3 Å². The standard InChI is InChI=1S/C18H20O/c1-2-13-7-3-5-9-15(13)18-16-10-6-4-8-14(16)11-12-17(18)19/h3-10,17-19H,2,11-12H2,1H3/t17-,18-/m1/s1. The van der Waals surface area contributed by atoms with E-state index in [4.69, 9.17) is 0 Å². The van der Waals surface area contributed by atoms with Crippen LogP contribution >= 0.6 is 0 Å². The van der Waals surface area contributed by atoms with Gasteiger partial charge in [-0.2, -0.15) is 0 Å². The quantitative estimate of drug-likeness (QED) is 0.864. The van der Waals surface area contributed by atoms with Crippen molar-refractivity contribution in [1.82, 2.24) is 0 Å². The molecule has 0 saturated heterocycles. The van der Waals surface area contributed by atoms with Crippen LogP contribution in [0.1, 0.15) is 41.5 Å². The first-order valence-electron chi connectivity index (χ1n) is 7.15. The fraction of sp³-hybridized carbons (Fsp3) is 0.333. The summed E-state index contributed by atoms with van der Waals surface area (Å²) in [5.41, 5.74) is 5.35. The summed E-state index contributed by atoms with van der Waals surface area (Å²) in [7, 11) is 0. The maximum atomic E-state index is 10.5. The highest BCUT2D eigenvalue weighted by molar-refractivity contribution is 5.44. The molecule has 2 aromatic rings. The van der Waals surface area contributed by atoms with Crippen molar-refractivity contribution in [2.75, 3.05) is 0 Å². The van der Waals surface area contributed by atoms with Crippen molar-refractivity contribution >= 4 is 0 Å². The zero-order valence-corrected chi connectivity index (χ0v) is 11.3. The number of hydrogen-bond acceptors (Lipinski definition) is 1. The Bertz CT molecular complexity index is 573. The lowest BCUT2D eigenvalue weighted by Crippen LogP contribution is -2.26. The third kappa shape index (κ3) is 2.19. The Morgan fingerprint density at radius 1 is 1.00 bits per heavy atom. The number of aliphatic hydroxyl groups excluding tert-OH is 1. The van der Waals surface area contributed by atoms with Crippen LogP contribution in [0.25, 0.3) is 0 Å². The molecule has 0 fully saturated rings. The van der Waals surface area contributed by atoms with Gasteiger partial charge in [-0.25, -0.2) is 0 Å². The Morgan fingerprint density at radius 3 is 2.47 bits per heavy atom. The third-order valence-corrected chi connectivity index (χ3v) is 4.26. The summed E-state index contributed by atoms with van der Waals surface area (Å²) in [4.78, 5) is 0. The molecule has 3 rings (SSSR count). The molecule has 1 nitrogen and oxygen atoms in total. The molecule has 0 radical (unpaired) electrons. The molecule has 1 heteroatoms. The van der Waals surface area contributed by atoms with Crippen LogP contribution in [-0.4, -0.2) is 11.2 Å². The molecule has 1 aliphatic rings. The predicted octanol–water partition coefficient (Wildman–Crippen LogP) is 3.69. The predicted molar refractivity (Wildman–Crippen MR) is 78.4 cm³/mol. The second-order valence-corrected chi connectivity index (χ2v) is 5.33. The van der Waals surface area contributed by atoms with Crippen molar-refractivity contribution < 1.29 is 5.11 Å². The van der Waals surface area contributed by atoms with Crippen LogP contribution in [0.15, 0.2) is 48.5 Å². The van der Waals surface area contributed by atoms with Crippen molar-refractivity contribution in [2.24, 2.45) is 0 Å². The summed E-state index contributed by atoms with van der Waals surface area (Å²) in [5, 5.41) is 10.5. The lowest BCUT2D eigenvalue weighted by Gasteiger charge is -2.32. The minimum absolute atomic E-state index is 0.140. The van der Waals surface area contributed by atoms with Crippen LogP contribution in [0.2, 0.25) is 0 Å². The third-order valence-electron chi connectivity index (χ3n) is 4.26. The number of hydrogen-bond donors (Lipinski definition) is 1. The van der Waals surface area contributed by atoms with Gasteiger partial charge in [-0.1, -0.05) is 55.5 Å². The summed E-state index contributed by atoms with van der Waals surface area (Å²) in [6.45, 7) is 2.18. The Hall–Kier alpha value is -1.60. The first kappa shape index (κ1) is 12.4. The van der Waals surface area contributed by atoms with E-state index in [1.165, 1.54) is 22.3 Å². The zero-order chi connectivity index (χ0) is 13.2. The van der Waals surface area contributed by atoms with Crippen LogP contribution in [0, 0.1) is 0 Å². The minimum Gasteiger partial charge on any atom is -0.392 e. The molecular weight excluding hydrogens is 232 g/mol. The fourth-order valence-electron chi connectivity index (χ4n) is 3.28. The van der Waals surface area contributed by atoms with E-state index in [-0.39, 0.29) is 12.0 Å². The molecule has 0 bridgehead atoms. The van der Waals surface area contributed by atoms with Crippen LogP contribution in [-0.2, 0) is 12.8 Å². The van der Waals surface area contributed by atoms with Gasteiger partial charge in [0.25, 0.3) is 0 Å². The molecule has 1 aliphatic carbocycles. The van der Waals surface area contributed by atoms with Gasteiger partial charge >= 0.3 is 0 Å². The zero-order valence-electron chi connectivity index (χ0n) is 11.3. The van der Waals surface area contributed by atoms with E-state index in [9.17, 15) is 5.11 Å². The maximum absolute atomic E-state index is 10.5. The lowest BCUT2D eigenvalue weighted by molar-refractivity contribution is 0.139. The molecule has 2 aromatic carbocycles. The molecule has 0 aromatic heterocycles. The largest absolute Gasteiger partial charge is 0.392 e. The Balaban J connectivity index is 2.13. The van der Waals surface area contributed by atoms with E-state index in [1.807, 2.05) is 0 Å². The van der Waals surface area contributed by atoms with Gasteiger partial charge < -0.3 is 5.11 Å². The normalized spacial score (nSPS) is 22.0. The number of rotatable bonds is 2. The second kappa shape index (κ2) is 5.18. The number of benzene rings is 2. The van der Waals surface area contributed by atoms with Crippen LogP contribution in [0.5, 0.6) is 0 Å². The summed E-state index contributed by atoms with van der Waals surface area (Å²) >= 11 is 0. The van der Waals surface area contributed by atoms with Crippen molar-refractivity contribution in [3.05, 3.63) is 70.8 Å². The highest BCUT2D eigenvalue weighted by Gasteiger charge is 2.30. The van der Waals surface area contributed by atoms with Gasteiger partial charge in [0.15, 0.2) is 0 Å². The molecule has 0 heterocycles. The topological polar surface area (TPSA) is 20.2 Å². The number of fused-ring (bicyclic) bond motifs is 1. The molecule has 19 heavy (non-hydrogen) atoms. The Morgan fingerprint density at radius 2 is 1.68 bits per heavy atom. The summed E-state index contributed by atoms with van der Waals surface area (Å²) < 4.78 is 0. The summed E-state index contributed by atoms with van der Waals surface area (Å²) in [6, 6.07) is 17.1. The Labute approximate surface area is 114 Å². The molecule has 0 saturated carbocycles. The van der Waals surface area contributed by atoms with Crippen molar-refractivity contribution in [1.29, 1.82) is 0 Å². The van der Waals surface area contributed by atoms with Crippen molar-refractivity contribution in [3.63, 3.8) is 0 Å². The van der Waals surface area contributed by atoms with Gasteiger partial charge in [-0.15, -0.1) is 0 Å². The highest BCUT2D eigenvalue weighted by Crippen LogP contribution is 2.38. The lowest BCUT2D eigenvalue weighted by atomic mass is 9.75.